The maximum absolute atomic E-state index is 13.0. The van der Waals surface area contributed by atoms with Gasteiger partial charge in [-0.3, -0.25) is 19.2 Å². The second kappa shape index (κ2) is 24.4. The summed E-state index contributed by atoms with van der Waals surface area (Å²) in [6, 6.07) is 5.43. The highest BCUT2D eigenvalue weighted by Crippen LogP contribution is 2.15. The number of unbranched alkanes of at least 4 members (excludes halogenated alkanes) is 1. The van der Waals surface area contributed by atoms with Gasteiger partial charge < -0.3 is 45.5 Å². The van der Waals surface area contributed by atoms with Crippen molar-refractivity contribution in [3.63, 3.8) is 0 Å². The van der Waals surface area contributed by atoms with E-state index in [9.17, 15) is 24.0 Å². The maximum atomic E-state index is 13.0. The number of azide groups is 1. The van der Waals surface area contributed by atoms with Gasteiger partial charge in [0.25, 0.3) is 5.91 Å². The van der Waals surface area contributed by atoms with Crippen LogP contribution < -0.4 is 31.3 Å². The number of hydrogen-bond donors (Lipinski definition) is 5. The zero-order valence-electron chi connectivity index (χ0n) is 33.8. The molecule has 5 N–H and O–H groups in total. The first-order chi connectivity index (χ1) is 25.7. The number of nitrogens with one attached hydrogen (secondary N) is 5. The fourth-order valence-corrected chi connectivity index (χ4v) is 4.22. The summed E-state index contributed by atoms with van der Waals surface area (Å²) in [5.41, 5.74) is 7.80. The van der Waals surface area contributed by atoms with Gasteiger partial charge in [-0.2, -0.15) is 0 Å². The minimum atomic E-state index is -1.00. The molecule has 17 nitrogen and oxygen atoms in total. The Labute approximate surface area is 324 Å². The van der Waals surface area contributed by atoms with E-state index < -0.39 is 41.2 Å². The number of carbonyl (C=O) groups is 5. The molecular formula is C38H60N8O9. The highest BCUT2D eigenvalue weighted by molar-refractivity contribution is 5.94. The molecule has 5 amide bonds. The first kappa shape index (κ1) is 48.0. The quantitative estimate of drug-likeness (QED) is 0.0377. The Morgan fingerprint density at radius 1 is 0.891 bits per heavy atom. The Kier molecular flexibility index (Phi) is 21.3. The lowest BCUT2D eigenvalue weighted by molar-refractivity contribution is -0.128. The van der Waals surface area contributed by atoms with Gasteiger partial charge in [-0.15, -0.1) is 0 Å². The number of hydrogen-bond acceptors (Lipinski definition) is 10. The van der Waals surface area contributed by atoms with Crippen molar-refractivity contribution in [1.82, 2.24) is 26.6 Å². The van der Waals surface area contributed by atoms with Crippen molar-refractivity contribution in [1.29, 1.82) is 0 Å². The number of ether oxygens (including phenoxy) is 4. The summed E-state index contributed by atoms with van der Waals surface area (Å²) in [5, 5.41) is 17.2. The summed E-state index contributed by atoms with van der Waals surface area (Å²) in [7, 11) is 0. The zero-order valence-corrected chi connectivity index (χ0v) is 33.8. The number of benzene rings is 1. The van der Waals surface area contributed by atoms with Gasteiger partial charge in [0, 0.05) is 40.9 Å². The molecule has 0 aliphatic heterocycles. The molecule has 0 radical (unpaired) electrons. The molecule has 0 bridgehead atoms. The monoisotopic (exact) mass is 772 g/mol. The predicted octanol–water partition coefficient (Wildman–Crippen LogP) is 3.97. The fourth-order valence-electron chi connectivity index (χ4n) is 4.22. The van der Waals surface area contributed by atoms with E-state index in [1.54, 1.807) is 39.0 Å². The van der Waals surface area contributed by atoms with Crippen molar-refractivity contribution in [2.75, 3.05) is 52.6 Å². The second-order valence-electron chi connectivity index (χ2n) is 15.5. The topological polar surface area (TPSA) is 231 Å². The number of nitrogens with zero attached hydrogens (tertiary/aromatic N) is 3. The minimum absolute atomic E-state index is 0.0261. The van der Waals surface area contributed by atoms with Crippen LogP contribution in [0.15, 0.2) is 29.4 Å². The highest BCUT2D eigenvalue weighted by atomic mass is 16.6. The molecule has 0 heterocycles. The van der Waals surface area contributed by atoms with Gasteiger partial charge in [0.15, 0.2) is 6.23 Å². The first-order valence-electron chi connectivity index (χ1n) is 18.3. The molecular weight excluding hydrogens is 712 g/mol. The van der Waals surface area contributed by atoms with Crippen LogP contribution in [0.5, 0.6) is 5.75 Å². The summed E-state index contributed by atoms with van der Waals surface area (Å²) in [4.78, 5) is 65.1. The number of carbonyl (C=O) groups excluding carboxylic acids is 5. The third kappa shape index (κ3) is 24.1. The fraction of sp³-hybridized carbons (Fsp3) is 0.658. The third-order valence-electron chi connectivity index (χ3n) is 6.88. The number of alkyl carbamates (subject to hydrolysis) is 1. The standard InChI is InChI=1S/C38H60N8O9/c1-36(2,3)17-13-19-40-30(47)25-52-22-23-53-31(45-46-39)26-54-28-15-12-14-27(24-28)32(48)41-20-21-42-33(49)29(44-35(51)55-38(7,8)9)16-10-11-18-43-34(50)37(4,5)6/h12,14-15,24,29,31H,10-11,16,18-23,25-26H2,1-9H3,(H,40,47)(H,41,48)(H,42,49)(H,43,50)(H,44,51). The van der Waals surface area contributed by atoms with Gasteiger partial charge in [0.2, 0.25) is 17.7 Å². The average molecular weight is 773 g/mol. The molecule has 0 saturated heterocycles. The molecule has 17 heteroatoms. The van der Waals surface area contributed by atoms with Gasteiger partial charge in [-0.25, -0.2) is 4.79 Å². The molecule has 306 valence electrons. The van der Waals surface area contributed by atoms with Crippen LogP contribution in [-0.2, 0) is 28.6 Å². The number of amides is 5. The molecule has 0 fully saturated rings. The van der Waals surface area contributed by atoms with E-state index in [0.717, 1.165) is 0 Å². The van der Waals surface area contributed by atoms with Gasteiger partial charge in [-0.1, -0.05) is 43.8 Å². The molecule has 55 heavy (non-hydrogen) atoms. The van der Waals surface area contributed by atoms with Crippen molar-refractivity contribution < 1.29 is 42.9 Å². The molecule has 2 unspecified atom stereocenters. The largest absolute Gasteiger partial charge is 0.491 e. The van der Waals surface area contributed by atoms with Crippen LogP contribution in [0.1, 0.15) is 91.9 Å². The van der Waals surface area contributed by atoms with Crippen molar-refractivity contribution in [3.8, 4) is 17.6 Å². The molecule has 0 spiro atoms. The lowest BCUT2D eigenvalue weighted by atomic mass is 9.95. The SMILES string of the molecule is CC(C)(C)C#CCNC(=O)COCCOC(COc1cccc(C(=O)NCCNC(=O)C(CCCCNC(=O)C(C)(C)C)NC(=O)OC(C)(C)C)c1)N=[N+]=[N-]. The van der Waals surface area contributed by atoms with Crippen LogP contribution in [0.3, 0.4) is 0 Å². The zero-order chi connectivity index (χ0) is 41.5. The van der Waals surface area contributed by atoms with E-state index in [2.05, 4.69) is 48.5 Å². The van der Waals surface area contributed by atoms with Crippen molar-refractivity contribution in [3.05, 3.63) is 40.3 Å². The Bertz CT molecular complexity index is 1510. The normalized spacial score (nSPS) is 12.4. The molecule has 0 aliphatic rings. The summed E-state index contributed by atoms with van der Waals surface area (Å²) >= 11 is 0. The van der Waals surface area contributed by atoms with Gasteiger partial charge in [0.05, 0.1) is 19.8 Å². The molecule has 0 saturated carbocycles. The van der Waals surface area contributed by atoms with Crippen LogP contribution in [0.25, 0.3) is 10.4 Å². The van der Waals surface area contributed by atoms with Gasteiger partial charge in [-0.05, 0) is 84.5 Å². The Morgan fingerprint density at radius 2 is 1.60 bits per heavy atom. The van der Waals surface area contributed by atoms with Crippen LogP contribution in [-0.4, -0.2) is 100 Å². The minimum Gasteiger partial charge on any atom is -0.491 e. The maximum Gasteiger partial charge on any atom is 0.408 e. The highest BCUT2D eigenvalue weighted by Gasteiger charge is 2.25. The Morgan fingerprint density at radius 3 is 2.25 bits per heavy atom. The first-order valence-corrected chi connectivity index (χ1v) is 18.3. The molecule has 0 aliphatic carbocycles. The summed E-state index contributed by atoms with van der Waals surface area (Å²) in [6.45, 7) is 17.1. The average Bonchev–Trinajstić information content (AvgIpc) is 3.08. The predicted molar refractivity (Wildman–Crippen MR) is 207 cm³/mol. The van der Waals surface area contributed by atoms with Crippen molar-refractivity contribution >= 4 is 29.7 Å². The van der Waals surface area contributed by atoms with E-state index in [0.29, 0.717) is 31.6 Å². The smallest absolute Gasteiger partial charge is 0.408 e. The summed E-state index contributed by atoms with van der Waals surface area (Å²) < 4.78 is 21.8. The lowest BCUT2D eigenvalue weighted by Crippen LogP contribution is -2.49. The Hall–Kier alpha value is -5.04. The van der Waals surface area contributed by atoms with Crippen LogP contribution in [0, 0.1) is 22.7 Å². The number of rotatable bonds is 22. The van der Waals surface area contributed by atoms with Gasteiger partial charge >= 0.3 is 6.09 Å². The van der Waals surface area contributed by atoms with Crippen molar-refractivity contribution in [2.24, 2.45) is 15.9 Å². The Balaban J connectivity index is 2.56. The van der Waals surface area contributed by atoms with Crippen LogP contribution in [0.2, 0.25) is 0 Å². The molecule has 1 rings (SSSR count). The summed E-state index contributed by atoms with van der Waals surface area (Å²) in [6.07, 6.45) is -0.273. The van der Waals surface area contributed by atoms with E-state index in [-0.39, 0.29) is 68.9 Å². The van der Waals surface area contributed by atoms with Crippen LogP contribution in [0.4, 0.5) is 4.79 Å². The van der Waals surface area contributed by atoms with Gasteiger partial charge in [0.1, 0.15) is 30.6 Å². The third-order valence-corrected chi connectivity index (χ3v) is 6.88. The van der Waals surface area contributed by atoms with E-state index in [1.807, 2.05) is 41.5 Å². The van der Waals surface area contributed by atoms with Crippen molar-refractivity contribution in [2.45, 2.75) is 99.4 Å². The van der Waals surface area contributed by atoms with E-state index >= 15 is 0 Å². The molecule has 2 atom stereocenters. The summed E-state index contributed by atoms with van der Waals surface area (Å²) in [5.74, 6) is 4.95. The molecule has 1 aromatic rings. The molecule has 1 aromatic carbocycles. The second-order valence-corrected chi connectivity index (χ2v) is 15.5. The molecule has 0 aromatic heterocycles. The lowest BCUT2D eigenvalue weighted by Gasteiger charge is -2.23. The van der Waals surface area contributed by atoms with Crippen LogP contribution >= 0.6 is 0 Å². The van der Waals surface area contributed by atoms with E-state index in [1.165, 1.54) is 6.07 Å². The van der Waals surface area contributed by atoms with E-state index in [4.69, 9.17) is 24.5 Å².